The number of carbonyl (C=O) groups is 2. The van der Waals surface area contributed by atoms with Crippen molar-refractivity contribution in [2.75, 3.05) is 23.9 Å². The van der Waals surface area contributed by atoms with Crippen LogP contribution in [0.3, 0.4) is 0 Å². The van der Waals surface area contributed by atoms with Crippen molar-refractivity contribution in [3.63, 3.8) is 0 Å². The monoisotopic (exact) mass is 487 g/mol. The van der Waals surface area contributed by atoms with Crippen molar-refractivity contribution < 1.29 is 14.3 Å². The van der Waals surface area contributed by atoms with Crippen LogP contribution in [0.15, 0.2) is 54.7 Å². The van der Waals surface area contributed by atoms with Gasteiger partial charge in [0, 0.05) is 35.9 Å². The Labute approximate surface area is 207 Å². The van der Waals surface area contributed by atoms with Gasteiger partial charge in [0.15, 0.2) is 5.13 Å². The van der Waals surface area contributed by atoms with Gasteiger partial charge in [-0.05, 0) is 54.8 Å². The van der Waals surface area contributed by atoms with Crippen LogP contribution in [0.2, 0.25) is 0 Å². The Bertz CT molecular complexity index is 1410. The van der Waals surface area contributed by atoms with Gasteiger partial charge in [-0.15, -0.1) is 11.3 Å². The van der Waals surface area contributed by atoms with E-state index in [4.69, 9.17) is 9.72 Å². The molecule has 2 aromatic carbocycles. The summed E-state index contributed by atoms with van der Waals surface area (Å²) in [4.78, 5) is 33.0. The molecule has 1 N–H and O–H groups in total. The molecule has 178 valence electrons. The fourth-order valence-corrected chi connectivity index (χ4v) is 5.14. The number of carbonyl (C=O) groups excluding carboxylic acids is 2. The molecule has 1 aliphatic rings. The average molecular weight is 488 g/mol. The SMILES string of the molecule is COc1ccc(CC(=O)Nc2nc(-c3ccc4c(c3)CCN4C(=O)c3ccnn3C)c(C)s2)cc1. The first-order chi connectivity index (χ1) is 16.9. The van der Waals surface area contributed by atoms with Gasteiger partial charge in [0.2, 0.25) is 5.91 Å². The first kappa shape index (κ1) is 22.8. The number of rotatable bonds is 6. The minimum absolute atomic E-state index is 0.0526. The van der Waals surface area contributed by atoms with Crippen LogP contribution in [-0.2, 0) is 24.7 Å². The Morgan fingerprint density at radius 3 is 2.66 bits per heavy atom. The maximum atomic E-state index is 13.0. The Morgan fingerprint density at radius 1 is 1.14 bits per heavy atom. The molecule has 0 saturated carbocycles. The molecule has 35 heavy (non-hydrogen) atoms. The second kappa shape index (κ2) is 9.34. The number of aryl methyl sites for hydroxylation is 2. The summed E-state index contributed by atoms with van der Waals surface area (Å²) in [5, 5.41) is 7.60. The van der Waals surface area contributed by atoms with Crippen molar-refractivity contribution in [3.05, 3.63) is 76.4 Å². The predicted octanol–water partition coefficient (Wildman–Crippen LogP) is 4.24. The number of amides is 2. The lowest BCUT2D eigenvalue weighted by atomic mass is 10.1. The van der Waals surface area contributed by atoms with Crippen molar-refractivity contribution in [2.24, 2.45) is 7.05 Å². The van der Waals surface area contributed by atoms with E-state index in [2.05, 4.69) is 16.5 Å². The zero-order valence-electron chi connectivity index (χ0n) is 19.7. The zero-order valence-corrected chi connectivity index (χ0v) is 20.6. The van der Waals surface area contributed by atoms with Crippen molar-refractivity contribution in [1.82, 2.24) is 14.8 Å². The van der Waals surface area contributed by atoms with Crippen molar-refractivity contribution in [2.45, 2.75) is 19.8 Å². The summed E-state index contributed by atoms with van der Waals surface area (Å²) in [6.45, 7) is 2.63. The fourth-order valence-electron chi connectivity index (χ4n) is 4.29. The molecule has 0 radical (unpaired) electrons. The van der Waals surface area contributed by atoms with E-state index in [1.165, 1.54) is 11.3 Å². The summed E-state index contributed by atoms with van der Waals surface area (Å²) in [6.07, 6.45) is 2.67. The molecular formula is C26H25N5O3S. The van der Waals surface area contributed by atoms with Gasteiger partial charge in [-0.3, -0.25) is 14.3 Å². The average Bonchev–Trinajstić information content (AvgIpc) is 3.56. The summed E-state index contributed by atoms with van der Waals surface area (Å²) in [6, 6.07) is 15.2. The number of nitrogens with zero attached hydrogens (tertiary/aromatic N) is 4. The largest absolute Gasteiger partial charge is 0.497 e. The van der Waals surface area contributed by atoms with Crippen molar-refractivity contribution in [1.29, 1.82) is 0 Å². The van der Waals surface area contributed by atoms with Gasteiger partial charge < -0.3 is 15.0 Å². The number of nitrogens with one attached hydrogen (secondary N) is 1. The summed E-state index contributed by atoms with van der Waals surface area (Å²) < 4.78 is 6.76. The second-order valence-corrected chi connectivity index (χ2v) is 9.59. The van der Waals surface area contributed by atoms with Crippen LogP contribution in [0.5, 0.6) is 5.75 Å². The quantitative estimate of drug-likeness (QED) is 0.439. The highest BCUT2D eigenvalue weighted by molar-refractivity contribution is 7.16. The van der Waals surface area contributed by atoms with E-state index in [1.807, 2.05) is 43.3 Å². The number of benzene rings is 2. The Kier molecular flexibility index (Phi) is 6.08. The number of fused-ring (bicyclic) bond motifs is 1. The van der Waals surface area contributed by atoms with E-state index in [-0.39, 0.29) is 18.2 Å². The zero-order chi connectivity index (χ0) is 24.5. The predicted molar refractivity (Wildman–Crippen MR) is 136 cm³/mol. The first-order valence-electron chi connectivity index (χ1n) is 11.3. The van der Waals surface area contributed by atoms with Gasteiger partial charge in [0.25, 0.3) is 5.91 Å². The highest BCUT2D eigenvalue weighted by Gasteiger charge is 2.27. The number of anilines is 2. The topological polar surface area (TPSA) is 89.3 Å². The number of thiazole rings is 1. The van der Waals surface area contributed by atoms with Gasteiger partial charge in [-0.2, -0.15) is 5.10 Å². The maximum absolute atomic E-state index is 13.0. The second-order valence-electron chi connectivity index (χ2n) is 8.39. The van der Waals surface area contributed by atoms with E-state index in [9.17, 15) is 9.59 Å². The molecule has 0 unspecified atom stereocenters. The van der Waals surface area contributed by atoms with Crippen LogP contribution in [0.4, 0.5) is 10.8 Å². The Hall–Kier alpha value is -3.98. The standard InChI is InChI=1S/C26H25N5O3S/c1-16-24(29-26(35-16)28-23(32)14-17-4-7-20(34-3)8-5-17)19-6-9-21-18(15-19)11-13-31(21)25(33)22-10-12-27-30(22)2/h4-10,12,15H,11,13-14H2,1-3H3,(H,28,29,32). The minimum Gasteiger partial charge on any atom is -0.497 e. The Morgan fingerprint density at radius 2 is 1.94 bits per heavy atom. The summed E-state index contributed by atoms with van der Waals surface area (Å²) >= 11 is 1.46. The molecule has 2 aromatic heterocycles. The molecule has 0 fully saturated rings. The smallest absolute Gasteiger partial charge is 0.276 e. The molecule has 9 heteroatoms. The molecule has 0 aliphatic carbocycles. The number of methoxy groups -OCH3 is 1. The van der Waals surface area contributed by atoms with E-state index in [0.717, 1.165) is 45.1 Å². The van der Waals surface area contributed by atoms with E-state index >= 15 is 0 Å². The van der Waals surface area contributed by atoms with E-state index in [1.54, 1.807) is 36.0 Å². The molecule has 0 atom stereocenters. The summed E-state index contributed by atoms with van der Waals surface area (Å²) in [7, 11) is 3.38. The normalized spacial score (nSPS) is 12.5. The van der Waals surface area contributed by atoms with Crippen LogP contribution < -0.4 is 15.0 Å². The van der Waals surface area contributed by atoms with E-state index in [0.29, 0.717) is 17.4 Å². The third-order valence-corrected chi connectivity index (χ3v) is 6.99. The highest BCUT2D eigenvalue weighted by atomic mass is 32.1. The van der Waals surface area contributed by atoms with Crippen molar-refractivity contribution >= 4 is 34.0 Å². The van der Waals surface area contributed by atoms with E-state index < -0.39 is 0 Å². The summed E-state index contributed by atoms with van der Waals surface area (Å²) in [5.74, 6) is 0.588. The number of hydrogen-bond donors (Lipinski definition) is 1. The van der Waals surface area contributed by atoms with Gasteiger partial charge >= 0.3 is 0 Å². The molecule has 0 saturated heterocycles. The fraction of sp³-hybridized carbons (Fsp3) is 0.231. The molecule has 3 heterocycles. The third kappa shape index (κ3) is 4.54. The summed E-state index contributed by atoms with van der Waals surface area (Å²) in [5.41, 5.74) is 5.31. The molecular weight excluding hydrogens is 462 g/mol. The lowest BCUT2D eigenvalue weighted by Crippen LogP contribution is -2.30. The number of ether oxygens (including phenoxy) is 1. The number of aromatic nitrogens is 3. The lowest BCUT2D eigenvalue weighted by molar-refractivity contribution is -0.115. The highest BCUT2D eigenvalue weighted by Crippen LogP contribution is 2.36. The Balaban J connectivity index is 1.30. The molecule has 5 rings (SSSR count). The molecule has 4 aromatic rings. The maximum Gasteiger partial charge on any atom is 0.276 e. The van der Waals surface area contributed by atoms with Gasteiger partial charge in [0.05, 0.1) is 19.2 Å². The molecule has 2 amide bonds. The third-order valence-electron chi connectivity index (χ3n) is 6.10. The molecule has 0 bridgehead atoms. The van der Waals surface area contributed by atoms with Crippen LogP contribution >= 0.6 is 11.3 Å². The first-order valence-corrected chi connectivity index (χ1v) is 12.1. The van der Waals surface area contributed by atoms with Crippen LogP contribution in [0.25, 0.3) is 11.3 Å². The van der Waals surface area contributed by atoms with Crippen LogP contribution in [-0.4, -0.2) is 40.2 Å². The van der Waals surface area contributed by atoms with Gasteiger partial charge in [-0.1, -0.05) is 18.2 Å². The van der Waals surface area contributed by atoms with Crippen molar-refractivity contribution in [3.8, 4) is 17.0 Å². The minimum atomic E-state index is -0.117. The lowest BCUT2D eigenvalue weighted by Gasteiger charge is -2.17. The number of hydrogen-bond acceptors (Lipinski definition) is 6. The van der Waals surface area contributed by atoms with Gasteiger partial charge in [0.1, 0.15) is 11.4 Å². The van der Waals surface area contributed by atoms with Crippen LogP contribution in [0.1, 0.15) is 26.5 Å². The van der Waals surface area contributed by atoms with Gasteiger partial charge in [-0.25, -0.2) is 4.98 Å². The van der Waals surface area contributed by atoms with Crippen LogP contribution in [0, 0.1) is 6.92 Å². The molecule has 0 spiro atoms. The molecule has 8 nitrogen and oxygen atoms in total. The molecule has 1 aliphatic heterocycles.